The van der Waals surface area contributed by atoms with E-state index in [2.05, 4.69) is 104 Å². The molecule has 1 aliphatic rings. The summed E-state index contributed by atoms with van der Waals surface area (Å²) in [5, 5.41) is 20.4. The number of carbonyl (C=O) groups is 2. The molecule has 5 rings (SSSR count). The fourth-order valence-corrected chi connectivity index (χ4v) is 6.07. The van der Waals surface area contributed by atoms with Crippen molar-refractivity contribution in [2.75, 3.05) is 39.3 Å². The average molecular weight is 867 g/mol. The van der Waals surface area contributed by atoms with Crippen LogP contribution in [0, 0.1) is 12.8 Å². The van der Waals surface area contributed by atoms with Crippen LogP contribution in [-0.4, -0.2) is 80.9 Å². The van der Waals surface area contributed by atoms with Crippen LogP contribution in [0.5, 0.6) is 0 Å². The van der Waals surface area contributed by atoms with Crippen molar-refractivity contribution in [3.63, 3.8) is 0 Å². The van der Waals surface area contributed by atoms with Gasteiger partial charge in [0.25, 0.3) is 0 Å². The molecule has 0 atom stereocenters. The van der Waals surface area contributed by atoms with E-state index in [1.54, 1.807) is 11.1 Å². The molecule has 346 valence electrons. The number of hydrogen-bond donors (Lipinski definition) is 6. The maximum atomic E-state index is 13.8. The Morgan fingerprint density at radius 1 is 0.810 bits per heavy atom. The molecule has 12 heteroatoms. The number of unbranched alkanes of at least 4 members (excludes halogenated alkanes) is 1. The van der Waals surface area contributed by atoms with E-state index in [0.29, 0.717) is 42.8 Å². The van der Waals surface area contributed by atoms with Crippen LogP contribution in [0.2, 0.25) is 0 Å². The van der Waals surface area contributed by atoms with Crippen molar-refractivity contribution < 1.29 is 14.7 Å². The van der Waals surface area contributed by atoms with E-state index in [1.165, 1.54) is 32.6 Å². The first kappa shape index (κ1) is 55.1. The zero-order valence-electron chi connectivity index (χ0n) is 40.1. The number of rotatable bonds is 19. The van der Waals surface area contributed by atoms with E-state index in [0.717, 1.165) is 83.6 Å². The van der Waals surface area contributed by atoms with Crippen LogP contribution in [0.1, 0.15) is 132 Å². The van der Waals surface area contributed by atoms with Crippen molar-refractivity contribution >= 4 is 39.3 Å². The zero-order chi connectivity index (χ0) is 47.3. The smallest absolute Gasteiger partial charge is 0.242 e. The normalized spacial score (nSPS) is 11.2. The number of pyridine rings is 1. The topological polar surface area (TPSA) is 158 Å². The number of nitrogens with one attached hydrogen (secondary N) is 5. The predicted octanol–water partition coefficient (Wildman–Crippen LogP) is 10.2. The van der Waals surface area contributed by atoms with Gasteiger partial charge in [0, 0.05) is 66.3 Å². The molecule has 0 spiro atoms. The number of amides is 2. The molecule has 63 heavy (non-hydrogen) atoms. The molecule has 12 nitrogen and oxygen atoms in total. The van der Waals surface area contributed by atoms with Crippen molar-refractivity contribution in [2.24, 2.45) is 0 Å². The quantitative estimate of drug-likeness (QED) is 0.0309. The summed E-state index contributed by atoms with van der Waals surface area (Å²) in [6.07, 6.45) is 20.4. The number of fused-ring (bicyclic) bond motifs is 2. The van der Waals surface area contributed by atoms with E-state index in [1.807, 2.05) is 56.3 Å². The van der Waals surface area contributed by atoms with Crippen LogP contribution >= 0.6 is 0 Å². The van der Waals surface area contributed by atoms with E-state index in [4.69, 9.17) is 0 Å². The maximum absolute atomic E-state index is 13.8. The molecule has 2 aromatic carbocycles. The number of hydrogen-bond acceptors (Lipinski definition) is 8. The Kier molecular flexibility index (Phi) is 27.1. The Labute approximate surface area is 378 Å². The minimum Gasteiger partial charge on any atom is -0.495 e. The van der Waals surface area contributed by atoms with Crippen molar-refractivity contribution in [2.45, 2.75) is 127 Å². The van der Waals surface area contributed by atoms with Gasteiger partial charge in [-0.2, -0.15) is 0 Å². The third kappa shape index (κ3) is 18.9. The van der Waals surface area contributed by atoms with Crippen molar-refractivity contribution in [3.05, 3.63) is 94.0 Å². The van der Waals surface area contributed by atoms with Gasteiger partial charge in [-0.3, -0.25) is 14.4 Å². The summed E-state index contributed by atoms with van der Waals surface area (Å²) in [5.41, 5.74) is 6.72. The number of H-pyrrole nitrogens is 2. The number of benzene rings is 2. The Morgan fingerprint density at radius 2 is 1.44 bits per heavy atom. The van der Waals surface area contributed by atoms with Crippen molar-refractivity contribution in [1.82, 2.24) is 40.7 Å². The molecule has 1 saturated carbocycles. The molecule has 1 aliphatic carbocycles. The van der Waals surface area contributed by atoms with Gasteiger partial charge in [0.05, 0.1) is 37.0 Å². The van der Waals surface area contributed by atoms with Gasteiger partial charge in [0.2, 0.25) is 11.8 Å². The monoisotopic (exact) mass is 867 g/mol. The molecule has 1 fully saturated rings. The van der Waals surface area contributed by atoms with Crippen LogP contribution in [0.3, 0.4) is 0 Å². The van der Waals surface area contributed by atoms with E-state index in [9.17, 15) is 19.5 Å². The summed E-state index contributed by atoms with van der Waals surface area (Å²) < 4.78 is 0. The summed E-state index contributed by atoms with van der Waals surface area (Å²) in [5.74, 6) is 0.556. The Bertz CT molecular complexity index is 2130. The first-order chi connectivity index (χ1) is 30.4. The van der Waals surface area contributed by atoms with E-state index in [-0.39, 0.29) is 29.7 Å². The second-order valence-electron chi connectivity index (χ2n) is 15.3. The van der Waals surface area contributed by atoms with Crippen LogP contribution in [0.25, 0.3) is 38.8 Å². The molecule has 0 aliphatic heterocycles. The molecule has 0 radical (unpaired) electrons. The maximum Gasteiger partial charge on any atom is 0.242 e. The van der Waals surface area contributed by atoms with Crippen molar-refractivity contribution in [1.29, 1.82) is 0 Å². The average Bonchev–Trinajstić information content (AvgIpc) is 4.04. The molecule has 4 aromatic rings. The Hall–Kier alpha value is -5.96. The lowest BCUT2D eigenvalue weighted by atomic mass is 10.0. The third-order valence-corrected chi connectivity index (χ3v) is 9.44. The van der Waals surface area contributed by atoms with Crippen molar-refractivity contribution in [3.8, 4) is 24.1 Å². The molecular formula is C51H78N8O4. The van der Waals surface area contributed by atoms with E-state index < -0.39 is 0 Å². The predicted molar refractivity (Wildman–Crippen MR) is 266 cm³/mol. The molecular weight excluding hydrogens is 789 g/mol. The highest BCUT2D eigenvalue weighted by atomic mass is 16.3. The highest BCUT2D eigenvalue weighted by Gasteiger charge is 2.20. The van der Waals surface area contributed by atoms with Gasteiger partial charge in [0.15, 0.2) is 11.3 Å². The molecule has 2 amide bonds. The summed E-state index contributed by atoms with van der Waals surface area (Å²) >= 11 is 0. The van der Waals surface area contributed by atoms with Crippen LogP contribution in [-0.2, 0) is 16.1 Å². The molecule has 0 unspecified atom stereocenters. The lowest BCUT2D eigenvalue weighted by molar-refractivity contribution is -0.131. The number of aliphatic hydroxyl groups excluding tert-OH is 1. The first-order valence-electron chi connectivity index (χ1n) is 22.8. The fraction of sp³-hybridized carbons (Fsp3) is 0.490. The van der Waals surface area contributed by atoms with Crippen LogP contribution in [0.4, 0.5) is 0 Å². The number of allylic oxidation sites excluding steroid dienone is 2. The van der Waals surface area contributed by atoms with Gasteiger partial charge in [-0.1, -0.05) is 106 Å². The number of aromatic amines is 2. The summed E-state index contributed by atoms with van der Waals surface area (Å²) in [4.78, 5) is 53.2. The number of aromatic nitrogens is 3. The molecule has 2 heterocycles. The van der Waals surface area contributed by atoms with Gasteiger partial charge in [-0.15, -0.1) is 12.8 Å². The number of carbonyl (C=O) groups excluding carboxylic acids is 2. The number of terminal acetylenes is 1. The molecule has 0 saturated heterocycles. The van der Waals surface area contributed by atoms with Crippen LogP contribution in [0.15, 0.2) is 77.2 Å². The van der Waals surface area contributed by atoms with Gasteiger partial charge in [-0.25, -0.2) is 4.98 Å². The standard InChI is InChI=1S/C39H50N8O4.C4H10.2C3H8.C2H2/c1-6-16-46(25(4)21-41-26(5)48)18-15-40-32(8-3)29-11-13-30-34(20-29)44-33-14-12-28(19-31(33)38(30)50)35-22-42-36(45-35)24-47(17-7-2)37(49)23-43-39(51)27-9-10-27;1-3-4-2;2*1-3-2;1-2/h8,11-14,19-20,22,40,43,51H,4,6-7,9-10,15-18,21,23-24H2,1-3,5H3,(H,41,48)(H,42,45)(H,44,50);3-4H2,1-2H3;2*3H2,1-2H3;1-2H/b32-8-;;;;. The van der Waals surface area contributed by atoms with Gasteiger partial charge in [-0.05, 0) is 68.0 Å². The molecule has 2 aromatic heterocycles. The lowest BCUT2D eigenvalue weighted by Gasteiger charge is -2.27. The second-order valence-corrected chi connectivity index (χ2v) is 15.3. The zero-order valence-corrected chi connectivity index (χ0v) is 40.1. The largest absolute Gasteiger partial charge is 0.495 e. The highest BCUT2D eigenvalue weighted by Crippen LogP contribution is 2.29. The first-order valence-corrected chi connectivity index (χ1v) is 22.8. The SMILES string of the molecule is C#C.C=C(CNC(C)=O)N(CCC)CCN/C(=C\C)c1ccc2c(=O)c3cc(-c4cnc(CN(CCC)C(=O)CNC(O)=C5CC5)[nH]4)ccc3[nH]c2c1.CCC.CCC.CCCC. The molecule has 0 bridgehead atoms. The summed E-state index contributed by atoms with van der Waals surface area (Å²) in [6, 6.07) is 11.5. The minimum atomic E-state index is -0.118. The summed E-state index contributed by atoms with van der Waals surface area (Å²) in [6.45, 7) is 28.2. The summed E-state index contributed by atoms with van der Waals surface area (Å²) in [7, 11) is 0. The number of imidazole rings is 1. The van der Waals surface area contributed by atoms with Gasteiger partial charge >= 0.3 is 0 Å². The minimum absolute atomic E-state index is 0.0226. The van der Waals surface area contributed by atoms with E-state index >= 15 is 0 Å². The number of nitrogens with zero attached hydrogens (tertiary/aromatic N) is 3. The van der Waals surface area contributed by atoms with Gasteiger partial charge in [0.1, 0.15) is 5.82 Å². The Morgan fingerprint density at radius 3 is 2.02 bits per heavy atom. The lowest BCUT2D eigenvalue weighted by Crippen LogP contribution is -2.38. The fourth-order valence-electron chi connectivity index (χ4n) is 6.07. The highest BCUT2D eigenvalue weighted by molar-refractivity contribution is 5.95. The van der Waals surface area contributed by atoms with Gasteiger partial charge < -0.3 is 40.8 Å². The van der Waals surface area contributed by atoms with Crippen LogP contribution < -0.4 is 21.4 Å². The Balaban J connectivity index is 0.00000149. The number of aliphatic hydroxyl groups is 1. The second kappa shape index (κ2) is 31.0. The molecule has 6 N–H and O–H groups in total. The third-order valence-electron chi connectivity index (χ3n) is 9.44.